The third kappa shape index (κ3) is 5.22. The largest absolute Gasteiger partial charge is 0.479 e. The highest BCUT2D eigenvalue weighted by Crippen LogP contribution is 1.92. The van der Waals surface area contributed by atoms with E-state index < -0.39 is 12.1 Å². The summed E-state index contributed by atoms with van der Waals surface area (Å²) in [6, 6.07) is -0.363. The summed E-state index contributed by atoms with van der Waals surface area (Å²) >= 11 is 0. The fourth-order valence-corrected chi connectivity index (χ4v) is 0.989. The minimum Gasteiger partial charge on any atom is -0.479 e. The number of amides is 2. The molecule has 6 heteroatoms. The predicted octanol–water partition coefficient (Wildman–Crippen LogP) is -0.513. The van der Waals surface area contributed by atoms with E-state index in [1.165, 1.54) is 4.90 Å². The van der Waals surface area contributed by atoms with Crippen LogP contribution in [0.3, 0.4) is 0 Å². The van der Waals surface area contributed by atoms with E-state index in [0.717, 1.165) is 0 Å². The number of aliphatic hydroxyl groups excluding tert-OH is 1. The molecule has 0 aliphatic heterocycles. The number of carbonyl (C=O) groups excluding carboxylic acids is 1. The number of hydrogen-bond acceptors (Lipinski definition) is 3. The molecule has 0 saturated carbocycles. The van der Waals surface area contributed by atoms with E-state index in [-0.39, 0.29) is 25.5 Å². The zero-order valence-electron chi connectivity index (χ0n) is 9.14. The lowest BCUT2D eigenvalue weighted by Crippen LogP contribution is -2.41. The average Bonchev–Trinajstić information content (AvgIpc) is 2.25. The Labute approximate surface area is 94.2 Å². The first-order valence-electron chi connectivity index (χ1n) is 4.90. The van der Waals surface area contributed by atoms with Crippen molar-refractivity contribution in [3.05, 3.63) is 0 Å². The van der Waals surface area contributed by atoms with Gasteiger partial charge >= 0.3 is 12.0 Å². The number of carbonyl (C=O) groups is 2. The van der Waals surface area contributed by atoms with Gasteiger partial charge in [0.2, 0.25) is 0 Å². The van der Waals surface area contributed by atoms with Gasteiger partial charge in [0.1, 0.15) is 0 Å². The van der Waals surface area contributed by atoms with Crippen LogP contribution in [0.25, 0.3) is 0 Å². The summed E-state index contributed by atoms with van der Waals surface area (Å²) in [6.45, 7) is 2.54. The first-order valence-corrected chi connectivity index (χ1v) is 4.90. The van der Waals surface area contributed by atoms with E-state index in [9.17, 15) is 9.59 Å². The predicted molar refractivity (Wildman–Crippen MR) is 57.7 cm³/mol. The number of urea groups is 1. The van der Waals surface area contributed by atoms with Crippen LogP contribution >= 0.6 is 0 Å². The van der Waals surface area contributed by atoms with E-state index in [2.05, 4.69) is 11.2 Å². The molecule has 2 amide bonds. The standard InChI is InChI=1S/C10H16N2O4/c1-3-7-12(4-2)10(16)11-6-5-8(13)9(14)15/h1,8,13H,4-7H2,2H3,(H,11,16)(H,14,15)/t8-/m0/s1. The second kappa shape index (κ2) is 7.54. The molecule has 0 aromatic rings. The Morgan fingerprint density at radius 2 is 2.19 bits per heavy atom. The molecule has 90 valence electrons. The molecule has 0 radical (unpaired) electrons. The SMILES string of the molecule is C#CCN(CC)C(=O)NCC[C@H](O)C(=O)O. The third-order valence-corrected chi connectivity index (χ3v) is 1.93. The minimum atomic E-state index is -1.46. The first-order chi connectivity index (χ1) is 7.52. The highest BCUT2D eigenvalue weighted by molar-refractivity contribution is 5.75. The van der Waals surface area contributed by atoms with Crippen molar-refractivity contribution in [1.29, 1.82) is 0 Å². The zero-order valence-corrected chi connectivity index (χ0v) is 9.14. The maximum absolute atomic E-state index is 11.4. The second-order valence-electron chi connectivity index (χ2n) is 3.09. The summed E-state index contributed by atoms with van der Waals surface area (Å²) in [5, 5.41) is 19.8. The van der Waals surface area contributed by atoms with E-state index in [0.29, 0.717) is 6.54 Å². The van der Waals surface area contributed by atoms with Crippen LogP contribution in [0.4, 0.5) is 4.79 Å². The van der Waals surface area contributed by atoms with Crippen LogP contribution in [0.5, 0.6) is 0 Å². The van der Waals surface area contributed by atoms with Gasteiger partial charge in [-0.3, -0.25) is 0 Å². The Hall–Kier alpha value is -1.74. The van der Waals surface area contributed by atoms with Gasteiger partial charge in [-0.05, 0) is 6.92 Å². The first kappa shape index (κ1) is 14.3. The Kier molecular flexibility index (Phi) is 6.72. The summed E-state index contributed by atoms with van der Waals surface area (Å²) in [5.41, 5.74) is 0. The Balaban J connectivity index is 3.89. The van der Waals surface area contributed by atoms with Gasteiger partial charge in [-0.2, -0.15) is 0 Å². The third-order valence-electron chi connectivity index (χ3n) is 1.93. The number of hydrogen-bond donors (Lipinski definition) is 3. The van der Waals surface area contributed by atoms with Crippen LogP contribution in [-0.4, -0.2) is 52.9 Å². The number of rotatable bonds is 6. The van der Waals surface area contributed by atoms with Crippen LogP contribution in [0.1, 0.15) is 13.3 Å². The maximum Gasteiger partial charge on any atom is 0.332 e. The van der Waals surface area contributed by atoms with Gasteiger partial charge in [0.25, 0.3) is 0 Å². The lowest BCUT2D eigenvalue weighted by Gasteiger charge is -2.18. The summed E-state index contributed by atoms with van der Waals surface area (Å²) < 4.78 is 0. The fourth-order valence-electron chi connectivity index (χ4n) is 0.989. The van der Waals surface area contributed by atoms with Gasteiger partial charge < -0.3 is 20.4 Å². The zero-order chi connectivity index (χ0) is 12.6. The normalized spacial score (nSPS) is 11.3. The molecule has 0 bridgehead atoms. The number of aliphatic carboxylic acids is 1. The average molecular weight is 228 g/mol. The molecule has 0 saturated heterocycles. The number of nitrogens with one attached hydrogen (secondary N) is 1. The van der Waals surface area contributed by atoms with Crippen molar-refractivity contribution in [3.63, 3.8) is 0 Å². The number of aliphatic hydroxyl groups is 1. The molecule has 16 heavy (non-hydrogen) atoms. The Morgan fingerprint density at radius 3 is 2.62 bits per heavy atom. The van der Waals surface area contributed by atoms with E-state index in [1.54, 1.807) is 6.92 Å². The summed E-state index contributed by atoms with van der Waals surface area (Å²) in [4.78, 5) is 23.1. The van der Waals surface area contributed by atoms with Gasteiger partial charge in [0.05, 0.1) is 6.54 Å². The molecular weight excluding hydrogens is 212 g/mol. The Bertz CT molecular complexity index is 285. The summed E-state index contributed by atoms with van der Waals surface area (Å²) in [6.07, 6.45) is 3.58. The molecule has 0 spiro atoms. The molecule has 0 aliphatic carbocycles. The van der Waals surface area contributed by atoms with Crippen molar-refractivity contribution >= 4 is 12.0 Å². The number of nitrogens with zero attached hydrogens (tertiary/aromatic N) is 1. The molecule has 0 aliphatic rings. The van der Waals surface area contributed by atoms with Crippen LogP contribution in [0.2, 0.25) is 0 Å². The molecule has 0 heterocycles. The molecule has 0 fully saturated rings. The summed E-state index contributed by atoms with van der Waals surface area (Å²) in [5.74, 6) is 1.04. The maximum atomic E-state index is 11.4. The monoisotopic (exact) mass is 228 g/mol. The number of terminal acetylenes is 1. The topological polar surface area (TPSA) is 89.9 Å². The second-order valence-corrected chi connectivity index (χ2v) is 3.09. The Morgan fingerprint density at radius 1 is 1.56 bits per heavy atom. The van der Waals surface area contributed by atoms with Crippen molar-refractivity contribution in [2.45, 2.75) is 19.4 Å². The van der Waals surface area contributed by atoms with Crippen LogP contribution in [-0.2, 0) is 4.79 Å². The van der Waals surface area contributed by atoms with Gasteiger partial charge in [0.15, 0.2) is 6.10 Å². The number of carboxylic acids is 1. The van der Waals surface area contributed by atoms with Crippen molar-refractivity contribution in [1.82, 2.24) is 10.2 Å². The van der Waals surface area contributed by atoms with Crippen molar-refractivity contribution in [2.24, 2.45) is 0 Å². The smallest absolute Gasteiger partial charge is 0.332 e. The van der Waals surface area contributed by atoms with Gasteiger partial charge in [-0.1, -0.05) is 5.92 Å². The van der Waals surface area contributed by atoms with Crippen molar-refractivity contribution in [3.8, 4) is 12.3 Å². The molecule has 0 unspecified atom stereocenters. The number of carboxylic acid groups (broad SMARTS) is 1. The quantitative estimate of drug-likeness (QED) is 0.534. The highest BCUT2D eigenvalue weighted by Gasteiger charge is 2.14. The molecule has 0 aromatic heterocycles. The van der Waals surface area contributed by atoms with E-state index in [4.69, 9.17) is 16.6 Å². The van der Waals surface area contributed by atoms with E-state index >= 15 is 0 Å². The van der Waals surface area contributed by atoms with Gasteiger partial charge in [-0.15, -0.1) is 6.42 Å². The lowest BCUT2D eigenvalue weighted by atomic mass is 10.2. The van der Waals surface area contributed by atoms with Gasteiger partial charge in [0, 0.05) is 19.5 Å². The van der Waals surface area contributed by atoms with Crippen LogP contribution in [0, 0.1) is 12.3 Å². The van der Waals surface area contributed by atoms with Crippen LogP contribution < -0.4 is 5.32 Å². The van der Waals surface area contributed by atoms with Crippen LogP contribution in [0.15, 0.2) is 0 Å². The van der Waals surface area contributed by atoms with Crippen molar-refractivity contribution < 1.29 is 19.8 Å². The molecular formula is C10H16N2O4. The lowest BCUT2D eigenvalue weighted by molar-refractivity contribution is -0.146. The molecule has 6 nitrogen and oxygen atoms in total. The fraction of sp³-hybridized carbons (Fsp3) is 0.600. The molecule has 3 N–H and O–H groups in total. The molecule has 1 atom stereocenters. The minimum absolute atomic E-state index is 0.0331. The highest BCUT2D eigenvalue weighted by atomic mass is 16.4. The molecule has 0 aromatic carbocycles. The summed E-state index contributed by atoms with van der Waals surface area (Å²) in [7, 11) is 0. The molecule has 0 rings (SSSR count). The van der Waals surface area contributed by atoms with E-state index in [1.807, 2.05) is 0 Å². The van der Waals surface area contributed by atoms with Gasteiger partial charge in [-0.25, -0.2) is 9.59 Å². The van der Waals surface area contributed by atoms with Crippen molar-refractivity contribution in [2.75, 3.05) is 19.6 Å².